The van der Waals surface area contributed by atoms with Gasteiger partial charge in [0.1, 0.15) is 5.82 Å². The molecule has 2 N–H and O–H groups in total. The lowest BCUT2D eigenvalue weighted by Crippen LogP contribution is -2.16. The predicted molar refractivity (Wildman–Crippen MR) is 96.1 cm³/mol. The standard InChI is InChI=1S/C18H16FN3O5S/c1-10-7-13(8-15(11(10)2)28(20,24)25)18(23)26-9-16-21-17(27-22-16)12-3-5-14(19)6-4-12/h3-8H,9H2,1-2H3,(H2,20,24,25). The van der Waals surface area contributed by atoms with E-state index in [1.165, 1.54) is 36.4 Å². The van der Waals surface area contributed by atoms with Gasteiger partial charge in [0, 0.05) is 5.56 Å². The van der Waals surface area contributed by atoms with Crippen molar-refractivity contribution >= 4 is 16.0 Å². The molecule has 28 heavy (non-hydrogen) atoms. The summed E-state index contributed by atoms with van der Waals surface area (Å²) < 4.78 is 46.5. The Hall–Kier alpha value is -3.11. The van der Waals surface area contributed by atoms with Crippen molar-refractivity contribution in [2.24, 2.45) is 5.14 Å². The summed E-state index contributed by atoms with van der Waals surface area (Å²) in [6.07, 6.45) is 0. The van der Waals surface area contributed by atoms with Crippen molar-refractivity contribution in [3.05, 3.63) is 64.7 Å². The first-order valence-corrected chi connectivity index (χ1v) is 9.59. The molecule has 10 heteroatoms. The van der Waals surface area contributed by atoms with Gasteiger partial charge in [-0.25, -0.2) is 22.7 Å². The van der Waals surface area contributed by atoms with Crippen molar-refractivity contribution in [3.63, 3.8) is 0 Å². The molecule has 0 aliphatic heterocycles. The van der Waals surface area contributed by atoms with Crippen molar-refractivity contribution in [1.82, 2.24) is 10.1 Å². The fourth-order valence-electron chi connectivity index (χ4n) is 2.48. The molecule has 0 fully saturated rings. The van der Waals surface area contributed by atoms with Gasteiger partial charge in [0.05, 0.1) is 10.5 Å². The van der Waals surface area contributed by atoms with Crippen LogP contribution in [0, 0.1) is 19.7 Å². The van der Waals surface area contributed by atoms with E-state index in [0.717, 1.165) is 0 Å². The molecule has 0 saturated carbocycles. The van der Waals surface area contributed by atoms with Crippen molar-refractivity contribution in [2.45, 2.75) is 25.3 Å². The number of primary sulfonamides is 1. The van der Waals surface area contributed by atoms with E-state index in [0.29, 0.717) is 16.7 Å². The molecule has 8 nitrogen and oxygen atoms in total. The van der Waals surface area contributed by atoms with Crippen LogP contribution in [0.1, 0.15) is 27.3 Å². The highest BCUT2D eigenvalue weighted by Crippen LogP contribution is 2.21. The number of sulfonamides is 1. The van der Waals surface area contributed by atoms with Crippen LogP contribution in [-0.4, -0.2) is 24.5 Å². The summed E-state index contributed by atoms with van der Waals surface area (Å²) in [6, 6.07) is 8.13. The van der Waals surface area contributed by atoms with E-state index in [4.69, 9.17) is 14.4 Å². The number of hydrogen-bond donors (Lipinski definition) is 1. The van der Waals surface area contributed by atoms with Crippen LogP contribution in [0.5, 0.6) is 0 Å². The third kappa shape index (κ3) is 4.24. The van der Waals surface area contributed by atoms with Crippen molar-refractivity contribution < 1.29 is 26.9 Å². The average molecular weight is 405 g/mol. The van der Waals surface area contributed by atoms with Gasteiger partial charge in [-0.15, -0.1) is 0 Å². The Labute approximate surface area is 160 Å². The molecule has 0 aliphatic rings. The van der Waals surface area contributed by atoms with Crippen LogP contribution in [0.4, 0.5) is 4.39 Å². The lowest BCUT2D eigenvalue weighted by molar-refractivity contribution is 0.0459. The molecule has 146 valence electrons. The Morgan fingerprint density at radius 2 is 1.89 bits per heavy atom. The van der Waals surface area contributed by atoms with Gasteiger partial charge in [0.2, 0.25) is 15.8 Å². The van der Waals surface area contributed by atoms with Crippen molar-refractivity contribution in [1.29, 1.82) is 0 Å². The van der Waals surface area contributed by atoms with Crippen LogP contribution in [0.15, 0.2) is 45.8 Å². The zero-order valence-electron chi connectivity index (χ0n) is 15.0. The van der Waals surface area contributed by atoms with E-state index in [1.807, 2.05) is 0 Å². The largest absolute Gasteiger partial charge is 0.454 e. The Morgan fingerprint density at radius 1 is 1.21 bits per heavy atom. The van der Waals surface area contributed by atoms with Crippen LogP contribution in [0.25, 0.3) is 11.5 Å². The SMILES string of the molecule is Cc1cc(C(=O)OCc2noc(-c3ccc(F)cc3)n2)cc(S(N)(=O)=O)c1C. The number of rotatable bonds is 5. The molecule has 0 unspecified atom stereocenters. The number of nitrogens with zero attached hydrogens (tertiary/aromatic N) is 2. The molecule has 0 aliphatic carbocycles. The zero-order valence-corrected chi connectivity index (χ0v) is 15.8. The molecular formula is C18H16FN3O5S. The normalized spacial score (nSPS) is 11.4. The van der Waals surface area contributed by atoms with E-state index in [2.05, 4.69) is 10.1 Å². The molecule has 0 spiro atoms. The topological polar surface area (TPSA) is 125 Å². The lowest BCUT2D eigenvalue weighted by Gasteiger charge is -2.10. The number of carbonyl (C=O) groups excluding carboxylic acids is 1. The molecule has 1 heterocycles. The predicted octanol–water partition coefficient (Wildman–Crippen LogP) is 2.50. The summed E-state index contributed by atoms with van der Waals surface area (Å²) in [5, 5.41) is 8.89. The number of benzene rings is 2. The number of aromatic nitrogens is 2. The minimum Gasteiger partial charge on any atom is -0.454 e. The monoisotopic (exact) mass is 405 g/mol. The summed E-state index contributed by atoms with van der Waals surface area (Å²) in [7, 11) is -3.98. The number of nitrogens with two attached hydrogens (primary N) is 1. The highest BCUT2D eigenvalue weighted by Gasteiger charge is 2.19. The van der Waals surface area contributed by atoms with Crippen LogP contribution < -0.4 is 5.14 Å². The first kappa shape index (κ1) is 19.6. The first-order valence-electron chi connectivity index (χ1n) is 8.05. The van der Waals surface area contributed by atoms with Gasteiger partial charge in [-0.2, -0.15) is 4.98 Å². The molecule has 0 amide bonds. The summed E-state index contributed by atoms with van der Waals surface area (Å²) >= 11 is 0. The van der Waals surface area contributed by atoms with Gasteiger partial charge >= 0.3 is 5.97 Å². The van der Waals surface area contributed by atoms with Crippen molar-refractivity contribution in [3.8, 4) is 11.5 Å². The van der Waals surface area contributed by atoms with E-state index < -0.39 is 21.8 Å². The number of halogens is 1. The molecule has 2 aromatic carbocycles. The van der Waals surface area contributed by atoms with Gasteiger partial charge in [-0.05, 0) is 61.4 Å². The maximum atomic E-state index is 13.0. The van der Waals surface area contributed by atoms with Gasteiger partial charge in [0.15, 0.2) is 6.61 Å². The number of ether oxygens (including phenoxy) is 1. The van der Waals surface area contributed by atoms with Crippen LogP contribution >= 0.6 is 0 Å². The van der Waals surface area contributed by atoms with Crippen LogP contribution in [0.3, 0.4) is 0 Å². The minimum absolute atomic E-state index is 0.0365. The Kier molecular flexibility index (Phi) is 5.25. The molecule has 3 aromatic rings. The van der Waals surface area contributed by atoms with E-state index in [9.17, 15) is 17.6 Å². The third-order valence-corrected chi connectivity index (χ3v) is 5.09. The second kappa shape index (κ2) is 7.49. The lowest BCUT2D eigenvalue weighted by atomic mass is 10.1. The summed E-state index contributed by atoms with van der Waals surface area (Å²) in [6.45, 7) is 2.97. The van der Waals surface area contributed by atoms with Gasteiger partial charge in [-0.1, -0.05) is 5.16 Å². The zero-order chi connectivity index (χ0) is 20.5. The second-order valence-corrected chi connectivity index (χ2v) is 7.59. The van der Waals surface area contributed by atoms with Gasteiger partial charge in [0.25, 0.3) is 5.89 Å². The molecule has 1 aromatic heterocycles. The number of aryl methyl sites for hydroxylation is 1. The highest BCUT2D eigenvalue weighted by molar-refractivity contribution is 7.89. The highest BCUT2D eigenvalue weighted by atomic mass is 32.2. The molecule has 0 bridgehead atoms. The van der Waals surface area contributed by atoms with Crippen LogP contribution in [-0.2, 0) is 21.4 Å². The number of esters is 1. The maximum Gasteiger partial charge on any atom is 0.338 e. The fourth-order valence-corrected chi connectivity index (χ4v) is 3.36. The Morgan fingerprint density at radius 3 is 2.54 bits per heavy atom. The second-order valence-electron chi connectivity index (χ2n) is 6.06. The fraction of sp³-hybridized carbons (Fsp3) is 0.167. The Balaban J connectivity index is 1.75. The number of hydrogen-bond acceptors (Lipinski definition) is 7. The average Bonchev–Trinajstić information content (AvgIpc) is 3.10. The van der Waals surface area contributed by atoms with Crippen LogP contribution in [0.2, 0.25) is 0 Å². The molecule has 0 saturated heterocycles. The summed E-state index contributed by atoms with van der Waals surface area (Å²) in [4.78, 5) is 16.2. The van der Waals surface area contributed by atoms with Gasteiger partial charge < -0.3 is 9.26 Å². The molecule has 0 atom stereocenters. The molecule has 0 radical (unpaired) electrons. The minimum atomic E-state index is -3.98. The number of carbonyl (C=O) groups is 1. The van der Waals surface area contributed by atoms with E-state index in [-0.39, 0.29) is 28.8 Å². The van der Waals surface area contributed by atoms with Gasteiger partial charge in [-0.3, -0.25) is 0 Å². The smallest absolute Gasteiger partial charge is 0.338 e. The van der Waals surface area contributed by atoms with E-state index >= 15 is 0 Å². The summed E-state index contributed by atoms with van der Waals surface area (Å²) in [5.74, 6) is -0.914. The maximum absolute atomic E-state index is 13.0. The first-order chi connectivity index (χ1) is 13.1. The molecule has 3 rings (SSSR count). The molecular weight excluding hydrogens is 389 g/mol. The Bertz CT molecular complexity index is 1140. The summed E-state index contributed by atoms with van der Waals surface area (Å²) in [5.41, 5.74) is 1.59. The quantitative estimate of drug-likeness (QED) is 0.646. The third-order valence-electron chi connectivity index (χ3n) is 4.05. The van der Waals surface area contributed by atoms with Crippen molar-refractivity contribution in [2.75, 3.05) is 0 Å². The van der Waals surface area contributed by atoms with E-state index in [1.54, 1.807) is 13.8 Å².